The smallest absolute Gasteiger partial charge is 0.142 e. The van der Waals surface area contributed by atoms with Gasteiger partial charge in [0.05, 0.1) is 5.02 Å². The third-order valence-corrected chi connectivity index (χ3v) is 3.51. The summed E-state index contributed by atoms with van der Waals surface area (Å²) in [5, 5.41) is 3.73. The van der Waals surface area contributed by atoms with Gasteiger partial charge in [-0.3, -0.25) is 0 Å². The van der Waals surface area contributed by atoms with E-state index in [1.54, 1.807) is 13.2 Å². The Kier molecular flexibility index (Phi) is 8.03. The van der Waals surface area contributed by atoms with Gasteiger partial charge >= 0.3 is 0 Å². The fourth-order valence-corrected chi connectivity index (χ4v) is 2.27. The lowest BCUT2D eigenvalue weighted by Gasteiger charge is -2.19. The Morgan fingerprint density at radius 3 is 2.89 bits per heavy atom. The SMILES string of the molecule is CCCNC(CCCOC)Cc1cccc(F)c1Cl. The lowest BCUT2D eigenvalue weighted by atomic mass is 10.0. The van der Waals surface area contributed by atoms with Gasteiger partial charge in [0.1, 0.15) is 5.82 Å². The zero-order chi connectivity index (χ0) is 14.1. The summed E-state index contributed by atoms with van der Waals surface area (Å²) < 4.78 is 18.5. The van der Waals surface area contributed by atoms with Crippen LogP contribution < -0.4 is 5.32 Å². The number of halogens is 2. The first-order chi connectivity index (χ1) is 9.19. The number of hydrogen-bond donors (Lipinski definition) is 1. The summed E-state index contributed by atoms with van der Waals surface area (Å²) >= 11 is 6.01. The fourth-order valence-electron chi connectivity index (χ4n) is 2.07. The molecule has 0 aliphatic heterocycles. The Morgan fingerprint density at radius 2 is 2.21 bits per heavy atom. The average molecular weight is 288 g/mol. The highest BCUT2D eigenvalue weighted by Crippen LogP contribution is 2.21. The van der Waals surface area contributed by atoms with E-state index < -0.39 is 0 Å². The second kappa shape index (κ2) is 9.29. The first-order valence-corrected chi connectivity index (χ1v) is 7.22. The number of rotatable bonds is 9. The van der Waals surface area contributed by atoms with Crippen molar-refractivity contribution in [2.75, 3.05) is 20.3 Å². The minimum Gasteiger partial charge on any atom is -0.385 e. The van der Waals surface area contributed by atoms with Crippen LogP contribution in [0.25, 0.3) is 0 Å². The molecular formula is C15H23ClFNO. The third kappa shape index (κ3) is 5.89. The second-order valence-corrected chi connectivity index (χ2v) is 5.08. The maximum absolute atomic E-state index is 13.4. The summed E-state index contributed by atoms with van der Waals surface area (Å²) in [6.07, 6.45) is 3.82. The van der Waals surface area contributed by atoms with E-state index in [0.29, 0.717) is 6.04 Å². The van der Waals surface area contributed by atoms with Crippen LogP contribution in [0.2, 0.25) is 5.02 Å². The Hall–Kier alpha value is -0.640. The highest BCUT2D eigenvalue weighted by molar-refractivity contribution is 6.31. The molecule has 0 aromatic heterocycles. The standard InChI is InChI=1S/C15H23ClFNO/c1-3-9-18-13(7-5-10-19-2)11-12-6-4-8-14(17)15(12)16/h4,6,8,13,18H,3,5,7,9-11H2,1-2H3. The van der Waals surface area contributed by atoms with Crippen molar-refractivity contribution in [2.45, 2.75) is 38.6 Å². The molecule has 1 aromatic carbocycles. The zero-order valence-corrected chi connectivity index (χ0v) is 12.5. The molecule has 0 amide bonds. The van der Waals surface area contributed by atoms with Crippen molar-refractivity contribution in [1.82, 2.24) is 5.32 Å². The van der Waals surface area contributed by atoms with E-state index in [9.17, 15) is 4.39 Å². The largest absolute Gasteiger partial charge is 0.385 e. The van der Waals surface area contributed by atoms with Crippen molar-refractivity contribution in [3.63, 3.8) is 0 Å². The minimum absolute atomic E-state index is 0.248. The van der Waals surface area contributed by atoms with Crippen LogP contribution in [0, 0.1) is 5.82 Å². The summed E-state index contributed by atoms with van der Waals surface area (Å²) in [4.78, 5) is 0. The molecule has 0 bridgehead atoms. The van der Waals surface area contributed by atoms with Crippen LogP contribution in [-0.2, 0) is 11.2 Å². The number of ether oxygens (including phenoxy) is 1. The van der Waals surface area contributed by atoms with Crippen molar-refractivity contribution >= 4 is 11.6 Å². The number of hydrogen-bond acceptors (Lipinski definition) is 2. The van der Waals surface area contributed by atoms with Crippen molar-refractivity contribution in [1.29, 1.82) is 0 Å². The second-order valence-electron chi connectivity index (χ2n) is 4.70. The van der Waals surface area contributed by atoms with Gasteiger partial charge in [-0.1, -0.05) is 30.7 Å². The van der Waals surface area contributed by atoms with Crippen LogP contribution in [0.1, 0.15) is 31.7 Å². The van der Waals surface area contributed by atoms with Crippen molar-refractivity contribution in [2.24, 2.45) is 0 Å². The number of nitrogens with one attached hydrogen (secondary N) is 1. The molecule has 0 aliphatic carbocycles. The maximum Gasteiger partial charge on any atom is 0.142 e. The first kappa shape index (κ1) is 16.4. The van der Waals surface area contributed by atoms with Gasteiger partial charge in [0.2, 0.25) is 0 Å². The molecule has 0 radical (unpaired) electrons. The molecule has 0 saturated carbocycles. The maximum atomic E-state index is 13.4. The predicted molar refractivity (Wildman–Crippen MR) is 78.3 cm³/mol. The summed E-state index contributed by atoms with van der Waals surface area (Å²) in [6, 6.07) is 5.31. The van der Waals surface area contributed by atoms with Crippen molar-refractivity contribution in [3.8, 4) is 0 Å². The molecule has 1 rings (SSSR count). The van der Waals surface area contributed by atoms with E-state index in [-0.39, 0.29) is 10.8 Å². The summed E-state index contributed by atoms with van der Waals surface area (Å²) in [6.45, 7) is 3.85. The highest BCUT2D eigenvalue weighted by atomic mass is 35.5. The Labute approximate surface area is 120 Å². The van der Waals surface area contributed by atoms with Gasteiger partial charge in [-0.05, 0) is 43.9 Å². The van der Waals surface area contributed by atoms with E-state index in [1.807, 2.05) is 6.07 Å². The van der Waals surface area contributed by atoms with E-state index in [0.717, 1.165) is 44.4 Å². The molecule has 0 saturated heterocycles. The van der Waals surface area contributed by atoms with Crippen LogP contribution in [0.4, 0.5) is 4.39 Å². The van der Waals surface area contributed by atoms with Crippen LogP contribution in [0.15, 0.2) is 18.2 Å². The molecule has 4 heteroatoms. The zero-order valence-electron chi connectivity index (χ0n) is 11.7. The molecule has 1 atom stereocenters. The Morgan fingerprint density at radius 1 is 1.42 bits per heavy atom. The third-order valence-electron chi connectivity index (χ3n) is 3.08. The van der Waals surface area contributed by atoms with Gasteiger partial charge in [0.15, 0.2) is 0 Å². The molecule has 1 aromatic rings. The summed E-state index contributed by atoms with van der Waals surface area (Å²) in [5.41, 5.74) is 0.868. The number of benzene rings is 1. The Balaban J connectivity index is 2.61. The van der Waals surface area contributed by atoms with Crippen LogP contribution in [0.3, 0.4) is 0 Å². The molecule has 108 valence electrons. The van der Waals surface area contributed by atoms with Gasteiger partial charge in [0, 0.05) is 19.8 Å². The van der Waals surface area contributed by atoms with Crippen LogP contribution >= 0.6 is 11.6 Å². The molecule has 0 spiro atoms. The first-order valence-electron chi connectivity index (χ1n) is 6.84. The summed E-state index contributed by atoms with van der Waals surface area (Å²) in [5.74, 6) is -0.342. The monoisotopic (exact) mass is 287 g/mol. The molecule has 0 heterocycles. The van der Waals surface area contributed by atoms with E-state index >= 15 is 0 Å². The lowest BCUT2D eigenvalue weighted by molar-refractivity contribution is 0.188. The molecule has 0 fully saturated rings. The molecule has 1 unspecified atom stereocenters. The number of methoxy groups -OCH3 is 1. The molecule has 19 heavy (non-hydrogen) atoms. The highest BCUT2D eigenvalue weighted by Gasteiger charge is 2.12. The van der Waals surface area contributed by atoms with Gasteiger partial charge < -0.3 is 10.1 Å². The minimum atomic E-state index is -0.342. The van der Waals surface area contributed by atoms with E-state index in [1.165, 1.54) is 6.07 Å². The lowest BCUT2D eigenvalue weighted by Crippen LogP contribution is -2.32. The van der Waals surface area contributed by atoms with E-state index in [2.05, 4.69) is 12.2 Å². The van der Waals surface area contributed by atoms with Crippen molar-refractivity contribution < 1.29 is 9.13 Å². The van der Waals surface area contributed by atoms with Crippen molar-refractivity contribution in [3.05, 3.63) is 34.6 Å². The Bertz CT molecular complexity index is 373. The van der Waals surface area contributed by atoms with Gasteiger partial charge in [0.25, 0.3) is 0 Å². The summed E-state index contributed by atoms with van der Waals surface area (Å²) in [7, 11) is 1.71. The quantitative estimate of drug-likeness (QED) is 0.697. The predicted octanol–water partition coefficient (Wildman–Crippen LogP) is 3.82. The van der Waals surface area contributed by atoms with Gasteiger partial charge in [-0.2, -0.15) is 0 Å². The molecule has 2 nitrogen and oxygen atoms in total. The topological polar surface area (TPSA) is 21.3 Å². The average Bonchev–Trinajstić information content (AvgIpc) is 2.41. The molecule has 1 N–H and O–H groups in total. The molecule has 0 aliphatic rings. The normalized spacial score (nSPS) is 12.6. The molecular weight excluding hydrogens is 265 g/mol. The van der Waals surface area contributed by atoms with Gasteiger partial charge in [-0.25, -0.2) is 4.39 Å². The fraction of sp³-hybridized carbons (Fsp3) is 0.600. The van der Waals surface area contributed by atoms with E-state index in [4.69, 9.17) is 16.3 Å². The van der Waals surface area contributed by atoms with Crippen LogP contribution in [-0.4, -0.2) is 26.3 Å². The van der Waals surface area contributed by atoms with Gasteiger partial charge in [-0.15, -0.1) is 0 Å². The van der Waals surface area contributed by atoms with Crippen LogP contribution in [0.5, 0.6) is 0 Å².